The molecule has 0 spiro atoms. The molecule has 0 bridgehead atoms. The second-order valence-corrected chi connectivity index (χ2v) is 7.15. The van der Waals surface area contributed by atoms with Gasteiger partial charge >= 0.3 is 6.09 Å². The van der Waals surface area contributed by atoms with Crippen molar-refractivity contribution in [3.63, 3.8) is 0 Å². The molecule has 164 valence electrons. The molecule has 0 fully saturated rings. The van der Waals surface area contributed by atoms with Crippen molar-refractivity contribution in [2.75, 3.05) is 20.8 Å². The molecule has 31 heavy (non-hydrogen) atoms. The fourth-order valence-corrected chi connectivity index (χ4v) is 3.33. The largest absolute Gasteiger partial charge is 0.493 e. The zero-order valence-corrected chi connectivity index (χ0v) is 18.1. The number of methoxy groups -OCH3 is 2. The molecule has 0 saturated heterocycles. The van der Waals surface area contributed by atoms with E-state index in [4.69, 9.17) is 14.2 Å². The van der Waals surface area contributed by atoms with Gasteiger partial charge in [0.2, 0.25) is 0 Å². The second-order valence-electron chi connectivity index (χ2n) is 7.15. The Kier molecular flexibility index (Phi) is 7.54. The fraction of sp³-hybridized carbons (Fsp3) is 0.333. The van der Waals surface area contributed by atoms with Gasteiger partial charge in [-0.3, -0.25) is 4.79 Å². The first-order valence-corrected chi connectivity index (χ1v) is 10.4. The SMILES string of the molecule is CCCCNC(=O)Oc1cn(CCc2ccccc2)c(=O)c2cc(OC)c(OC)cc12. The van der Waals surface area contributed by atoms with Crippen molar-refractivity contribution in [1.82, 2.24) is 9.88 Å². The number of aryl methyl sites for hydroxylation is 2. The van der Waals surface area contributed by atoms with Crippen LogP contribution in [-0.2, 0) is 13.0 Å². The number of aromatic nitrogens is 1. The summed E-state index contributed by atoms with van der Waals surface area (Å²) in [4.78, 5) is 25.5. The van der Waals surface area contributed by atoms with Crippen LogP contribution in [0.3, 0.4) is 0 Å². The summed E-state index contributed by atoms with van der Waals surface area (Å²) in [6, 6.07) is 13.2. The van der Waals surface area contributed by atoms with Gasteiger partial charge in [0.25, 0.3) is 5.56 Å². The highest BCUT2D eigenvalue weighted by Crippen LogP contribution is 2.35. The number of nitrogens with one attached hydrogen (secondary N) is 1. The normalized spacial score (nSPS) is 10.7. The molecule has 3 aromatic rings. The number of nitrogens with zero attached hydrogens (tertiary/aromatic N) is 1. The van der Waals surface area contributed by atoms with Crippen LogP contribution in [0.1, 0.15) is 25.3 Å². The van der Waals surface area contributed by atoms with Crippen LogP contribution >= 0.6 is 0 Å². The molecule has 0 unspecified atom stereocenters. The van der Waals surface area contributed by atoms with Gasteiger partial charge in [0.05, 0.1) is 25.8 Å². The van der Waals surface area contributed by atoms with Crippen molar-refractivity contribution >= 4 is 16.9 Å². The topological polar surface area (TPSA) is 78.8 Å². The van der Waals surface area contributed by atoms with Crippen molar-refractivity contribution in [2.45, 2.75) is 32.7 Å². The molecule has 1 heterocycles. The van der Waals surface area contributed by atoms with E-state index in [0.717, 1.165) is 18.4 Å². The molecule has 7 nitrogen and oxygen atoms in total. The van der Waals surface area contributed by atoms with Crippen LogP contribution in [0.5, 0.6) is 17.2 Å². The summed E-state index contributed by atoms with van der Waals surface area (Å²) >= 11 is 0. The summed E-state index contributed by atoms with van der Waals surface area (Å²) in [6.07, 6.45) is 3.51. The molecule has 0 aliphatic carbocycles. The van der Waals surface area contributed by atoms with Crippen LogP contribution in [0, 0.1) is 0 Å². The van der Waals surface area contributed by atoms with Gasteiger partial charge in [-0.25, -0.2) is 4.79 Å². The minimum absolute atomic E-state index is 0.189. The lowest BCUT2D eigenvalue weighted by Crippen LogP contribution is -2.29. The third-order valence-corrected chi connectivity index (χ3v) is 5.04. The van der Waals surface area contributed by atoms with E-state index in [1.165, 1.54) is 14.2 Å². The predicted molar refractivity (Wildman–Crippen MR) is 120 cm³/mol. The van der Waals surface area contributed by atoms with Crippen molar-refractivity contribution in [2.24, 2.45) is 0 Å². The molecule has 3 rings (SSSR count). The van der Waals surface area contributed by atoms with E-state index >= 15 is 0 Å². The first kappa shape index (κ1) is 22.2. The quantitative estimate of drug-likeness (QED) is 0.522. The van der Waals surface area contributed by atoms with Gasteiger partial charge in [0.1, 0.15) is 0 Å². The van der Waals surface area contributed by atoms with Gasteiger partial charge in [-0.05, 0) is 30.5 Å². The minimum atomic E-state index is -0.558. The average Bonchev–Trinajstić information content (AvgIpc) is 2.80. The van der Waals surface area contributed by atoms with Crippen LogP contribution in [-0.4, -0.2) is 31.4 Å². The van der Waals surface area contributed by atoms with E-state index in [9.17, 15) is 9.59 Å². The van der Waals surface area contributed by atoms with E-state index < -0.39 is 6.09 Å². The maximum absolute atomic E-state index is 13.2. The summed E-state index contributed by atoms with van der Waals surface area (Å²) in [5, 5.41) is 3.62. The highest BCUT2D eigenvalue weighted by atomic mass is 16.6. The van der Waals surface area contributed by atoms with E-state index in [0.29, 0.717) is 41.8 Å². The molecule has 1 aromatic heterocycles. The summed E-state index contributed by atoms with van der Waals surface area (Å²) in [5.41, 5.74) is 0.923. The molecule has 0 atom stereocenters. The molecule has 1 amide bonds. The molecule has 0 aliphatic rings. The summed E-state index contributed by atoms with van der Waals surface area (Å²) in [6.45, 7) is 3.02. The first-order valence-electron chi connectivity index (χ1n) is 10.4. The third-order valence-electron chi connectivity index (χ3n) is 5.04. The number of rotatable bonds is 9. The number of hydrogen-bond acceptors (Lipinski definition) is 5. The highest BCUT2D eigenvalue weighted by Gasteiger charge is 2.17. The molecule has 0 aliphatic heterocycles. The molecular weight excluding hydrogens is 396 g/mol. The minimum Gasteiger partial charge on any atom is -0.493 e. The Labute approximate surface area is 181 Å². The maximum Gasteiger partial charge on any atom is 0.412 e. The monoisotopic (exact) mass is 424 g/mol. The number of carbonyl (C=O) groups is 1. The molecule has 2 aromatic carbocycles. The predicted octanol–water partition coefficient (Wildman–Crippen LogP) is 4.15. The van der Waals surface area contributed by atoms with Gasteiger partial charge in [-0.15, -0.1) is 0 Å². The van der Waals surface area contributed by atoms with Crippen molar-refractivity contribution < 1.29 is 19.0 Å². The molecular formula is C24H28N2O5. The Morgan fingerprint density at radius 2 is 1.68 bits per heavy atom. The van der Waals surface area contributed by atoms with Gasteiger partial charge in [-0.1, -0.05) is 43.7 Å². The molecule has 0 radical (unpaired) electrons. The Morgan fingerprint density at radius 1 is 1.00 bits per heavy atom. The van der Waals surface area contributed by atoms with Crippen molar-refractivity contribution in [3.05, 3.63) is 64.6 Å². The number of benzene rings is 2. The lowest BCUT2D eigenvalue weighted by atomic mass is 10.1. The lowest BCUT2D eigenvalue weighted by Gasteiger charge is -2.15. The Bertz CT molecular complexity index is 1090. The molecule has 7 heteroatoms. The summed E-state index contributed by atoms with van der Waals surface area (Å²) < 4.78 is 17.9. The van der Waals surface area contributed by atoms with Crippen LogP contribution < -0.4 is 25.1 Å². The van der Waals surface area contributed by atoms with Crippen molar-refractivity contribution in [1.29, 1.82) is 0 Å². The lowest BCUT2D eigenvalue weighted by molar-refractivity contribution is 0.200. The Morgan fingerprint density at radius 3 is 2.32 bits per heavy atom. The third kappa shape index (κ3) is 5.36. The van der Waals surface area contributed by atoms with Crippen LogP contribution in [0.2, 0.25) is 0 Å². The van der Waals surface area contributed by atoms with Crippen LogP contribution in [0.25, 0.3) is 10.8 Å². The van der Waals surface area contributed by atoms with E-state index in [1.54, 1.807) is 22.9 Å². The van der Waals surface area contributed by atoms with Gasteiger partial charge < -0.3 is 24.1 Å². The number of carbonyl (C=O) groups excluding carboxylic acids is 1. The molecule has 0 saturated carbocycles. The van der Waals surface area contributed by atoms with Crippen molar-refractivity contribution in [3.8, 4) is 17.2 Å². The Hall–Kier alpha value is -3.48. The van der Waals surface area contributed by atoms with E-state index in [1.807, 2.05) is 37.3 Å². The maximum atomic E-state index is 13.2. The summed E-state index contributed by atoms with van der Waals surface area (Å²) in [7, 11) is 3.03. The second kappa shape index (κ2) is 10.5. The standard InChI is InChI=1S/C24H28N2O5/c1-4-5-12-25-24(28)31-22-16-26(13-11-17-9-7-6-8-10-17)23(27)19-15-21(30-3)20(29-2)14-18(19)22/h6-10,14-16H,4-5,11-13H2,1-3H3,(H,25,28). The number of hydrogen-bond donors (Lipinski definition) is 1. The average molecular weight is 424 g/mol. The van der Waals surface area contributed by atoms with Crippen LogP contribution in [0.15, 0.2) is 53.5 Å². The number of ether oxygens (including phenoxy) is 3. The number of unbranched alkanes of at least 4 members (excludes halogenated alkanes) is 1. The van der Waals surface area contributed by atoms with E-state index in [-0.39, 0.29) is 11.3 Å². The van der Waals surface area contributed by atoms with E-state index in [2.05, 4.69) is 5.32 Å². The van der Waals surface area contributed by atoms with Gasteiger partial charge in [0.15, 0.2) is 17.2 Å². The first-order chi connectivity index (χ1) is 15.1. The number of fused-ring (bicyclic) bond motifs is 1. The van der Waals surface area contributed by atoms with Crippen LogP contribution in [0.4, 0.5) is 4.79 Å². The zero-order valence-electron chi connectivity index (χ0n) is 18.1. The molecule has 1 N–H and O–H groups in total. The fourth-order valence-electron chi connectivity index (χ4n) is 3.33. The number of amides is 1. The van der Waals surface area contributed by atoms with Gasteiger partial charge in [-0.2, -0.15) is 0 Å². The zero-order chi connectivity index (χ0) is 22.2. The van der Waals surface area contributed by atoms with Gasteiger partial charge in [0, 0.05) is 18.5 Å². The Balaban J connectivity index is 2.01. The summed E-state index contributed by atoms with van der Waals surface area (Å²) in [5.74, 6) is 1.18. The highest BCUT2D eigenvalue weighted by molar-refractivity contribution is 5.92. The smallest absolute Gasteiger partial charge is 0.412 e. The number of pyridine rings is 1.